The molecular formula is C12H10BrNO2. The molecule has 0 unspecified atom stereocenters. The quantitative estimate of drug-likeness (QED) is 0.913. The third kappa shape index (κ3) is 2.33. The fourth-order valence-electron chi connectivity index (χ4n) is 1.32. The second-order valence-corrected chi connectivity index (χ2v) is 4.30. The number of hydrogen-bond acceptors (Lipinski definition) is 2. The minimum Gasteiger partial charge on any atom is -0.472 e. The van der Waals surface area contributed by atoms with Gasteiger partial charge in [-0.1, -0.05) is 6.07 Å². The van der Waals surface area contributed by atoms with Crippen molar-refractivity contribution in [1.82, 2.24) is 0 Å². The smallest absolute Gasteiger partial charge is 0.258 e. The summed E-state index contributed by atoms with van der Waals surface area (Å²) >= 11 is 3.38. The van der Waals surface area contributed by atoms with Crippen LogP contribution in [0.5, 0.6) is 0 Å². The van der Waals surface area contributed by atoms with Gasteiger partial charge in [0.15, 0.2) is 0 Å². The van der Waals surface area contributed by atoms with Gasteiger partial charge < -0.3 is 9.73 Å². The molecule has 1 heterocycles. The fraction of sp³-hybridized carbons (Fsp3) is 0.0833. The van der Waals surface area contributed by atoms with Crippen LogP contribution in [-0.2, 0) is 0 Å². The van der Waals surface area contributed by atoms with Crippen molar-refractivity contribution in [3.05, 3.63) is 52.4 Å². The Hall–Kier alpha value is -1.55. The van der Waals surface area contributed by atoms with Crippen LogP contribution in [0.2, 0.25) is 0 Å². The molecule has 1 aromatic carbocycles. The number of amides is 1. The predicted molar refractivity (Wildman–Crippen MR) is 65.5 cm³/mol. The Morgan fingerprint density at radius 1 is 1.38 bits per heavy atom. The second kappa shape index (κ2) is 4.53. The first-order valence-electron chi connectivity index (χ1n) is 4.76. The fourth-order valence-corrected chi connectivity index (χ4v) is 1.67. The third-order valence-corrected chi connectivity index (χ3v) is 2.84. The van der Waals surface area contributed by atoms with Crippen molar-refractivity contribution < 1.29 is 9.21 Å². The van der Waals surface area contributed by atoms with Gasteiger partial charge in [-0.25, -0.2) is 0 Å². The highest BCUT2D eigenvalue weighted by atomic mass is 79.9. The van der Waals surface area contributed by atoms with Crippen molar-refractivity contribution in [2.75, 3.05) is 5.32 Å². The summed E-state index contributed by atoms with van der Waals surface area (Å²) in [6.07, 6.45) is 2.89. The van der Waals surface area contributed by atoms with E-state index in [1.807, 2.05) is 25.1 Å². The summed E-state index contributed by atoms with van der Waals surface area (Å²) in [6, 6.07) is 7.40. The van der Waals surface area contributed by atoms with Gasteiger partial charge in [0, 0.05) is 4.47 Å². The van der Waals surface area contributed by atoms with Crippen LogP contribution in [0.15, 0.2) is 45.7 Å². The zero-order valence-electron chi connectivity index (χ0n) is 8.66. The first-order valence-corrected chi connectivity index (χ1v) is 5.56. The van der Waals surface area contributed by atoms with Crippen LogP contribution in [0.25, 0.3) is 0 Å². The molecule has 16 heavy (non-hydrogen) atoms. The van der Waals surface area contributed by atoms with Gasteiger partial charge in [-0.15, -0.1) is 0 Å². The van der Waals surface area contributed by atoms with E-state index in [0.29, 0.717) is 5.56 Å². The summed E-state index contributed by atoms with van der Waals surface area (Å²) in [4.78, 5) is 11.7. The third-order valence-electron chi connectivity index (χ3n) is 2.15. The number of halogens is 1. The van der Waals surface area contributed by atoms with Gasteiger partial charge in [-0.05, 0) is 46.6 Å². The number of carbonyl (C=O) groups is 1. The van der Waals surface area contributed by atoms with Gasteiger partial charge in [-0.3, -0.25) is 4.79 Å². The van der Waals surface area contributed by atoms with Crippen LogP contribution in [0.1, 0.15) is 15.9 Å². The van der Waals surface area contributed by atoms with Crippen molar-refractivity contribution in [2.45, 2.75) is 6.92 Å². The molecule has 0 atom stereocenters. The molecule has 2 rings (SSSR count). The minimum atomic E-state index is -0.181. The zero-order chi connectivity index (χ0) is 11.5. The highest BCUT2D eigenvalue weighted by Gasteiger charge is 2.09. The van der Waals surface area contributed by atoms with E-state index in [4.69, 9.17) is 4.42 Å². The highest BCUT2D eigenvalue weighted by Crippen LogP contribution is 2.23. The number of hydrogen-bond donors (Lipinski definition) is 1. The average molecular weight is 280 g/mol. The topological polar surface area (TPSA) is 42.2 Å². The molecule has 0 saturated carbocycles. The van der Waals surface area contributed by atoms with Crippen LogP contribution < -0.4 is 5.32 Å². The van der Waals surface area contributed by atoms with Crippen molar-refractivity contribution >= 4 is 27.5 Å². The highest BCUT2D eigenvalue weighted by molar-refractivity contribution is 9.10. The second-order valence-electron chi connectivity index (χ2n) is 3.45. The summed E-state index contributed by atoms with van der Waals surface area (Å²) in [5.41, 5.74) is 2.35. The van der Waals surface area contributed by atoms with Crippen molar-refractivity contribution in [3.63, 3.8) is 0 Å². The van der Waals surface area contributed by atoms with Gasteiger partial charge in [0.2, 0.25) is 0 Å². The van der Waals surface area contributed by atoms with Crippen molar-refractivity contribution in [1.29, 1.82) is 0 Å². The van der Waals surface area contributed by atoms with Crippen LogP contribution in [0, 0.1) is 6.92 Å². The lowest BCUT2D eigenvalue weighted by atomic mass is 10.2. The average Bonchev–Trinajstić information content (AvgIpc) is 2.76. The normalized spacial score (nSPS) is 10.1. The Bertz CT molecular complexity index is 506. The molecule has 0 aliphatic carbocycles. The van der Waals surface area contributed by atoms with E-state index in [0.717, 1.165) is 15.7 Å². The molecular weight excluding hydrogens is 270 g/mol. The van der Waals surface area contributed by atoms with Crippen LogP contribution in [0.4, 0.5) is 5.69 Å². The maximum absolute atomic E-state index is 11.7. The standard InChI is InChI=1S/C12H10BrNO2/c1-8-2-3-10(13)11(6-8)14-12(15)9-4-5-16-7-9/h2-7H,1H3,(H,14,15). The molecule has 4 heteroatoms. The number of anilines is 1. The van der Waals surface area contributed by atoms with Gasteiger partial charge in [-0.2, -0.15) is 0 Å². The largest absolute Gasteiger partial charge is 0.472 e. The number of furan rings is 1. The van der Waals surface area contributed by atoms with Gasteiger partial charge >= 0.3 is 0 Å². The molecule has 0 radical (unpaired) electrons. The van der Waals surface area contributed by atoms with E-state index < -0.39 is 0 Å². The molecule has 0 fully saturated rings. The molecule has 1 N–H and O–H groups in total. The van der Waals surface area contributed by atoms with E-state index >= 15 is 0 Å². The number of nitrogens with one attached hydrogen (secondary N) is 1. The van der Waals surface area contributed by atoms with Crippen LogP contribution in [-0.4, -0.2) is 5.91 Å². The molecule has 2 aromatic rings. The summed E-state index contributed by atoms with van der Waals surface area (Å²) in [7, 11) is 0. The van der Waals surface area contributed by atoms with Gasteiger partial charge in [0.1, 0.15) is 6.26 Å². The molecule has 0 spiro atoms. The number of benzene rings is 1. The van der Waals surface area contributed by atoms with Crippen LogP contribution in [0.3, 0.4) is 0 Å². The summed E-state index contributed by atoms with van der Waals surface area (Å²) < 4.78 is 5.71. The lowest BCUT2D eigenvalue weighted by molar-refractivity contribution is 0.102. The Labute approximate surface area is 102 Å². The van der Waals surface area contributed by atoms with E-state index in [9.17, 15) is 4.79 Å². The summed E-state index contributed by atoms with van der Waals surface area (Å²) in [6.45, 7) is 1.97. The van der Waals surface area contributed by atoms with E-state index in [2.05, 4.69) is 21.2 Å². The first kappa shape index (κ1) is 11.0. The molecule has 82 valence electrons. The minimum absolute atomic E-state index is 0.181. The Balaban J connectivity index is 2.21. The van der Waals surface area contributed by atoms with Crippen LogP contribution >= 0.6 is 15.9 Å². The molecule has 0 saturated heterocycles. The van der Waals surface area contributed by atoms with Gasteiger partial charge in [0.05, 0.1) is 17.5 Å². The molecule has 1 aromatic heterocycles. The zero-order valence-corrected chi connectivity index (χ0v) is 10.2. The number of aryl methyl sites for hydroxylation is 1. The maximum Gasteiger partial charge on any atom is 0.258 e. The molecule has 0 bridgehead atoms. The molecule has 1 amide bonds. The SMILES string of the molecule is Cc1ccc(Br)c(NC(=O)c2ccoc2)c1. The van der Waals surface area contributed by atoms with E-state index in [-0.39, 0.29) is 5.91 Å². The molecule has 0 aliphatic heterocycles. The molecule has 0 aliphatic rings. The summed E-state index contributed by atoms with van der Waals surface area (Å²) in [5.74, 6) is -0.181. The first-order chi connectivity index (χ1) is 7.66. The maximum atomic E-state index is 11.7. The monoisotopic (exact) mass is 279 g/mol. The lowest BCUT2D eigenvalue weighted by Gasteiger charge is -2.06. The van der Waals surface area contributed by atoms with Crippen molar-refractivity contribution in [3.8, 4) is 0 Å². The Morgan fingerprint density at radius 2 is 2.19 bits per heavy atom. The van der Waals surface area contributed by atoms with Gasteiger partial charge in [0.25, 0.3) is 5.91 Å². The number of rotatable bonds is 2. The Kier molecular flexibility index (Phi) is 3.10. The van der Waals surface area contributed by atoms with E-state index in [1.54, 1.807) is 6.07 Å². The van der Waals surface area contributed by atoms with Crippen molar-refractivity contribution in [2.24, 2.45) is 0 Å². The molecule has 3 nitrogen and oxygen atoms in total. The Morgan fingerprint density at radius 3 is 2.88 bits per heavy atom. The summed E-state index contributed by atoms with van der Waals surface area (Å²) in [5, 5.41) is 2.81. The predicted octanol–water partition coefficient (Wildman–Crippen LogP) is 3.60. The number of carbonyl (C=O) groups excluding carboxylic acids is 1. The lowest BCUT2D eigenvalue weighted by Crippen LogP contribution is -2.11. The van der Waals surface area contributed by atoms with E-state index in [1.165, 1.54) is 12.5 Å².